The van der Waals surface area contributed by atoms with Crippen molar-refractivity contribution in [3.63, 3.8) is 0 Å². The Labute approximate surface area is 80.2 Å². The molecule has 13 heavy (non-hydrogen) atoms. The highest BCUT2D eigenvalue weighted by atomic mass is 32.1. The van der Waals surface area contributed by atoms with Gasteiger partial charge in [-0.25, -0.2) is 15.0 Å². The van der Waals surface area contributed by atoms with E-state index in [1.807, 2.05) is 0 Å². The molecule has 0 spiro atoms. The van der Waals surface area contributed by atoms with Gasteiger partial charge < -0.3 is 0 Å². The molecule has 0 aromatic heterocycles. The summed E-state index contributed by atoms with van der Waals surface area (Å²) in [6.45, 7) is 0. The molecule has 0 saturated carbocycles. The first-order valence-corrected chi connectivity index (χ1v) is 3.60. The van der Waals surface area contributed by atoms with Crippen LogP contribution in [0.3, 0.4) is 0 Å². The first kappa shape index (κ1) is 11.3. The minimum Gasteiger partial charge on any atom is -0.222 e. The lowest BCUT2D eigenvalue weighted by atomic mass is 10.3. The molecule has 0 aliphatic carbocycles. The summed E-state index contributed by atoms with van der Waals surface area (Å²) in [5.74, 6) is 0. The molecule has 0 fully saturated rings. The van der Waals surface area contributed by atoms with Gasteiger partial charge in [0.05, 0.1) is 5.69 Å². The zero-order valence-electron chi connectivity index (χ0n) is 6.52. The molecule has 66 valence electrons. The van der Waals surface area contributed by atoms with Gasteiger partial charge in [-0.2, -0.15) is 4.99 Å². The highest BCUT2D eigenvalue weighted by molar-refractivity contribution is 7.80. The van der Waals surface area contributed by atoms with E-state index in [2.05, 4.69) is 17.6 Å². The number of aliphatic imine (C=N–C) groups is 1. The minimum atomic E-state index is 0.604. The molecule has 0 amide bonds. The summed E-state index contributed by atoms with van der Waals surface area (Å²) in [5, 5.41) is 5.40. The van der Waals surface area contributed by atoms with Crippen LogP contribution in [0.1, 0.15) is 0 Å². The Balaban J connectivity index is 0.000000424. The maximum absolute atomic E-state index is 9.75. The van der Waals surface area contributed by atoms with Gasteiger partial charge in [-0.15, -0.1) is 12.6 Å². The molecule has 0 aliphatic heterocycles. The minimum absolute atomic E-state index is 0.604. The van der Waals surface area contributed by atoms with Crippen LogP contribution >= 0.6 is 12.6 Å². The molecule has 0 aliphatic rings. The van der Waals surface area contributed by atoms with E-state index >= 15 is 0 Å². The number of thiol groups is 1. The van der Waals surface area contributed by atoms with Gasteiger partial charge in [0.25, 0.3) is 0 Å². The molecule has 0 bridgehead atoms. The molecule has 4 nitrogen and oxygen atoms in total. The lowest BCUT2D eigenvalue weighted by molar-refractivity contribution is 0.562. The van der Waals surface area contributed by atoms with Crippen LogP contribution in [-0.4, -0.2) is 12.2 Å². The van der Waals surface area contributed by atoms with Gasteiger partial charge >= 0.3 is 0 Å². The number of benzene rings is 1. The molecular formula is C8H6N2O2S. The first-order chi connectivity index (χ1) is 6.24. The maximum Gasteiger partial charge on any atom is 0.240 e. The second-order valence-corrected chi connectivity index (χ2v) is 2.34. The molecule has 0 radical (unpaired) electrons. The Bertz CT molecular complexity index is 336. The van der Waals surface area contributed by atoms with Crippen LogP contribution in [0.5, 0.6) is 0 Å². The van der Waals surface area contributed by atoms with Crippen molar-refractivity contribution in [3.8, 4) is 0 Å². The molecule has 5 heteroatoms. The fraction of sp³-hybridized carbons (Fsp3) is 0. The predicted molar refractivity (Wildman–Crippen MR) is 49.9 cm³/mol. The summed E-state index contributed by atoms with van der Waals surface area (Å²) in [6, 6.07) is 6.93. The van der Waals surface area contributed by atoms with E-state index in [0.29, 0.717) is 5.69 Å². The quantitative estimate of drug-likeness (QED) is 0.407. The molecule has 0 atom stereocenters. The standard InChI is InChI=1S/C7H5NOS.CHNO/c9-5-8-6-1-3-7(10)4-2-6;2-1-3/h1-4,10H;2H. The van der Waals surface area contributed by atoms with Crippen molar-refractivity contribution in [2.24, 2.45) is 4.99 Å². The van der Waals surface area contributed by atoms with Crippen LogP contribution in [-0.2, 0) is 9.59 Å². The number of rotatable bonds is 1. The van der Waals surface area contributed by atoms with E-state index in [9.17, 15) is 4.79 Å². The summed E-state index contributed by atoms with van der Waals surface area (Å²) in [5.41, 5.74) is 0.604. The molecule has 1 N–H and O–H groups in total. The summed E-state index contributed by atoms with van der Waals surface area (Å²) in [4.78, 5) is 22.4. The van der Waals surface area contributed by atoms with Crippen LogP contribution in [0.15, 0.2) is 34.2 Å². The van der Waals surface area contributed by atoms with Crippen LogP contribution in [0.25, 0.3) is 0 Å². The molecule has 1 aromatic rings. The van der Waals surface area contributed by atoms with Gasteiger partial charge in [-0.3, -0.25) is 0 Å². The molecule has 1 rings (SSSR count). The van der Waals surface area contributed by atoms with E-state index in [0.717, 1.165) is 11.0 Å². The Hall–Kier alpha value is -1.67. The Morgan fingerprint density at radius 3 is 2.08 bits per heavy atom. The number of carbonyl (C=O) groups excluding carboxylic acids is 2. The third kappa shape index (κ3) is 5.58. The van der Waals surface area contributed by atoms with Crippen molar-refractivity contribution in [2.75, 3.05) is 0 Å². The van der Waals surface area contributed by atoms with Gasteiger partial charge in [-0.1, -0.05) is 0 Å². The fourth-order valence-corrected chi connectivity index (χ4v) is 0.729. The van der Waals surface area contributed by atoms with Crippen LogP contribution < -0.4 is 0 Å². The van der Waals surface area contributed by atoms with Gasteiger partial charge in [0.1, 0.15) is 0 Å². The molecule has 0 heterocycles. The smallest absolute Gasteiger partial charge is 0.222 e. The van der Waals surface area contributed by atoms with Crippen LogP contribution in [0.2, 0.25) is 0 Å². The summed E-state index contributed by atoms with van der Waals surface area (Å²) < 4.78 is 0. The highest BCUT2D eigenvalue weighted by Gasteiger charge is 1.85. The van der Waals surface area contributed by atoms with Crippen molar-refractivity contribution < 1.29 is 9.59 Å². The molecular weight excluding hydrogens is 188 g/mol. The molecule has 0 saturated heterocycles. The fourth-order valence-electron chi connectivity index (χ4n) is 0.580. The topological polar surface area (TPSA) is 70.3 Å². The second-order valence-electron chi connectivity index (χ2n) is 1.82. The predicted octanol–water partition coefficient (Wildman–Crippen LogP) is 1.84. The summed E-state index contributed by atoms with van der Waals surface area (Å²) >= 11 is 4.06. The Morgan fingerprint density at radius 1 is 1.23 bits per heavy atom. The lowest BCUT2D eigenvalue weighted by Crippen LogP contribution is -1.63. The Morgan fingerprint density at radius 2 is 1.69 bits per heavy atom. The zero-order valence-corrected chi connectivity index (χ0v) is 7.41. The Kier molecular flexibility index (Phi) is 6.11. The number of isocyanates is 2. The van der Waals surface area contributed by atoms with Gasteiger partial charge in [0.15, 0.2) is 0 Å². The molecule has 1 aromatic carbocycles. The average Bonchev–Trinajstić information content (AvgIpc) is 2.11. The van der Waals surface area contributed by atoms with Crippen LogP contribution in [0.4, 0.5) is 5.69 Å². The van der Waals surface area contributed by atoms with Gasteiger partial charge in [-0.05, 0) is 24.3 Å². The lowest BCUT2D eigenvalue weighted by Gasteiger charge is -1.89. The SMILES string of the molecule is N=C=O.O=C=Nc1ccc(S)cc1. The van der Waals surface area contributed by atoms with Crippen molar-refractivity contribution in [1.29, 1.82) is 5.41 Å². The summed E-state index contributed by atoms with van der Waals surface area (Å²) in [6.07, 6.45) is 2.20. The highest BCUT2D eigenvalue weighted by Crippen LogP contribution is 2.13. The number of nitrogens with one attached hydrogen (secondary N) is 1. The second kappa shape index (κ2) is 7.00. The largest absolute Gasteiger partial charge is 0.240 e. The number of hydrogen-bond acceptors (Lipinski definition) is 5. The average molecular weight is 194 g/mol. The van der Waals surface area contributed by atoms with Crippen molar-refractivity contribution in [2.45, 2.75) is 4.90 Å². The maximum atomic E-state index is 9.75. The van der Waals surface area contributed by atoms with Crippen molar-refractivity contribution in [1.82, 2.24) is 0 Å². The van der Waals surface area contributed by atoms with E-state index in [4.69, 9.17) is 10.2 Å². The van der Waals surface area contributed by atoms with Crippen molar-refractivity contribution >= 4 is 30.5 Å². The van der Waals surface area contributed by atoms with E-state index in [1.165, 1.54) is 6.08 Å². The van der Waals surface area contributed by atoms with Gasteiger partial charge in [0.2, 0.25) is 12.2 Å². The zero-order chi connectivity index (χ0) is 10.1. The van der Waals surface area contributed by atoms with E-state index in [-0.39, 0.29) is 0 Å². The third-order valence-corrected chi connectivity index (χ3v) is 1.32. The van der Waals surface area contributed by atoms with Gasteiger partial charge in [0, 0.05) is 4.90 Å². The van der Waals surface area contributed by atoms with E-state index in [1.54, 1.807) is 24.3 Å². The third-order valence-electron chi connectivity index (χ3n) is 1.02. The number of nitrogens with zero attached hydrogens (tertiary/aromatic N) is 1. The van der Waals surface area contributed by atoms with E-state index < -0.39 is 0 Å². The number of hydrogen-bond donors (Lipinski definition) is 2. The van der Waals surface area contributed by atoms with Crippen LogP contribution in [0, 0.1) is 5.41 Å². The normalized spacial score (nSPS) is 7.15. The first-order valence-electron chi connectivity index (χ1n) is 3.15. The monoisotopic (exact) mass is 194 g/mol. The van der Waals surface area contributed by atoms with Crippen molar-refractivity contribution in [3.05, 3.63) is 24.3 Å². The molecule has 0 unspecified atom stereocenters. The summed E-state index contributed by atoms with van der Waals surface area (Å²) in [7, 11) is 0.